The molecule has 5 rings (SSSR count). The van der Waals surface area contributed by atoms with Crippen molar-refractivity contribution in [3.63, 3.8) is 0 Å². The number of amides is 2. The van der Waals surface area contributed by atoms with Crippen LogP contribution in [0.1, 0.15) is 54.9 Å². The van der Waals surface area contributed by atoms with Crippen LogP contribution in [-0.2, 0) is 11.2 Å². The van der Waals surface area contributed by atoms with Crippen molar-refractivity contribution < 1.29 is 14.7 Å². The molecule has 1 aliphatic carbocycles. The van der Waals surface area contributed by atoms with Crippen molar-refractivity contribution in [1.29, 1.82) is 0 Å². The third kappa shape index (κ3) is 4.10. The Morgan fingerprint density at radius 3 is 2.79 bits per heavy atom. The highest BCUT2D eigenvalue weighted by Crippen LogP contribution is 2.52. The van der Waals surface area contributed by atoms with E-state index in [1.165, 1.54) is 30.4 Å². The highest BCUT2D eigenvalue weighted by molar-refractivity contribution is 5.96. The van der Waals surface area contributed by atoms with Crippen LogP contribution in [0.4, 0.5) is 0 Å². The number of likely N-dealkylation sites (tertiary alicyclic amines) is 1. The number of nitrogens with one attached hydrogen (secondary N) is 2. The first-order chi connectivity index (χ1) is 16.0. The zero-order valence-corrected chi connectivity index (χ0v) is 19.0. The van der Waals surface area contributed by atoms with Gasteiger partial charge in [-0.15, -0.1) is 0 Å². The fourth-order valence-corrected chi connectivity index (χ4v) is 6.40. The quantitative estimate of drug-likeness (QED) is 0.654. The van der Waals surface area contributed by atoms with Crippen LogP contribution in [-0.4, -0.2) is 57.5 Å². The number of nitrogens with zero attached hydrogens (tertiary/aromatic N) is 2. The number of hydrogen-bond donors (Lipinski definition) is 3. The van der Waals surface area contributed by atoms with Gasteiger partial charge in [-0.1, -0.05) is 50.1 Å². The Balaban J connectivity index is 1.36. The number of fused-ring (bicyclic) bond motifs is 1. The molecule has 3 heterocycles. The molecule has 2 aromatic rings. The average molecular weight is 449 g/mol. The lowest BCUT2D eigenvalue weighted by Crippen LogP contribution is -2.58. The van der Waals surface area contributed by atoms with Gasteiger partial charge in [0.1, 0.15) is 5.75 Å². The fraction of sp³-hybridized carbons (Fsp3) is 0.500. The Bertz CT molecular complexity index is 1030. The van der Waals surface area contributed by atoms with E-state index in [4.69, 9.17) is 0 Å². The molecule has 7 nitrogen and oxygen atoms in total. The van der Waals surface area contributed by atoms with E-state index in [1.54, 1.807) is 0 Å². The van der Waals surface area contributed by atoms with E-state index in [0.717, 1.165) is 32.1 Å². The minimum Gasteiger partial charge on any atom is -0.506 e. The van der Waals surface area contributed by atoms with E-state index in [1.807, 2.05) is 6.07 Å². The van der Waals surface area contributed by atoms with Crippen LogP contribution < -0.4 is 10.6 Å². The summed E-state index contributed by atoms with van der Waals surface area (Å²) in [5.41, 5.74) is 1.58. The Labute approximate surface area is 194 Å². The summed E-state index contributed by atoms with van der Waals surface area (Å²) in [6, 6.07) is 12.7. The van der Waals surface area contributed by atoms with Gasteiger partial charge in [0.2, 0.25) is 5.91 Å². The normalized spacial score (nSPS) is 30.5. The molecule has 1 aromatic heterocycles. The summed E-state index contributed by atoms with van der Waals surface area (Å²) in [5.74, 6) is -0.509. The van der Waals surface area contributed by atoms with E-state index in [2.05, 4.69) is 51.7 Å². The van der Waals surface area contributed by atoms with Crippen LogP contribution in [0.2, 0.25) is 0 Å². The van der Waals surface area contributed by atoms with Gasteiger partial charge in [0.25, 0.3) is 5.91 Å². The van der Waals surface area contributed by atoms with Gasteiger partial charge >= 0.3 is 0 Å². The number of rotatable bonds is 5. The van der Waals surface area contributed by atoms with E-state index >= 15 is 0 Å². The van der Waals surface area contributed by atoms with Crippen LogP contribution >= 0.6 is 0 Å². The zero-order valence-electron chi connectivity index (χ0n) is 19.0. The third-order valence-electron chi connectivity index (χ3n) is 7.97. The topological polar surface area (TPSA) is 94.6 Å². The average Bonchev–Trinajstić information content (AvgIpc) is 2.97. The lowest BCUT2D eigenvalue weighted by molar-refractivity contribution is -0.134. The van der Waals surface area contributed by atoms with Crippen LogP contribution in [0.5, 0.6) is 5.75 Å². The first-order valence-corrected chi connectivity index (χ1v) is 12.0. The van der Waals surface area contributed by atoms with E-state index in [0.29, 0.717) is 6.04 Å². The lowest BCUT2D eigenvalue weighted by Gasteiger charge is -2.43. The second-order valence-corrected chi connectivity index (χ2v) is 10.0. The highest BCUT2D eigenvalue weighted by atomic mass is 16.3. The number of benzene rings is 1. The number of carbonyl (C=O) groups is 2. The molecule has 2 amide bonds. The molecule has 3 aliphatic rings. The molecule has 174 valence electrons. The summed E-state index contributed by atoms with van der Waals surface area (Å²) >= 11 is 0. The molecule has 1 saturated carbocycles. The maximum absolute atomic E-state index is 13.6. The van der Waals surface area contributed by atoms with Crippen LogP contribution in [0.15, 0.2) is 48.8 Å². The molecule has 7 heteroatoms. The minimum atomic E-state index is -0.405. The van der Waals surface area contributed by atoms with E-state index in [-0.39, 0.29) is 47.3 Å². The molecule has 2 saturated heterocycles. The van der Waals surface area contributed by atoms with Crippen molar-refractivity contribution in [2.24, 2.45) is 5.41 Å². The van der Waals surface area contributed by atoms with Crippen molar-refractivity contribution in [1.82, 2.24) is 20.5 Å². The molecule has 1 aromatic carbocycles. The summed E-state index contributed by atoms with van der Waals surface area (Å²) in [5, 5.41) is 16.3. The SMILES string of the molecule is C[C@@]12C[C@H]3[C@@H](Cc4ccccc4)N[C@@H]1CCCC[C@@H]2N3C(=O)CNC(=O)c1cncc(O)c1. The van der Waals surface area contributed by atoms with Gasteiger partial charge in [-0.2, -0.15) is 0 Å². The van der Waals surface area contributed by atoms with Crippen LogP contribution in [0, 0.1) is 5.41 Å². The van der Waals surface area contributed by atoms with Gasteiger partial charge in [-0.3, -0.25) is 14.6 Å². The first-order valence-electron chi connectivity index (χ1n) is 12.0. The van der Waals surface area contributed by atoms with Crippen molar-refractivity contribution in [3.8, 4) is 5.75 Å². The van der Waals surface area contributed by atoms with Gasteiger partial charge in [0.15, 0.2) is 0 Å². The summed E-state index contributed by atoms with van der Waals surface area (Å²) in [4.78, 5) is 32.1. The van der Waals surface area contributed by atoms with Gasteiger partial charge in [-0.05, 0) is 37.3 Å². The molecular formula is C26H32N4O3. The van der Waals surface area contributed by atoms with E-state index < -0.39 is 5.91 Å². The summed E-state index contributed by atoms with van der Waals surface area (Å²) < 4.78 is 0. The van der Waals surface area contributed by atoms with Crippen molar-refractivity contribution in [2.75, 3.05) is 6.54 Å². The van der Waals surface area contributed by atoms with Crippen molar-refractivity contribution >= 4 is 11.8 Å². The largest absolute Gasteiger partial charge is 0.506 e. The third-order valence-corrected chi connectivity index (χ3v) is 7.97. The van der Waals surface area contributed by atoms with Gasteiger partial charge in [-0.25, -0.2) is 0 Å². The molecule has 2 aliphatic heterocycles. The number of hydrogen-bond acceptors (Lipinski definition) is 5. The summed E-state index contributed by atoms with van der Waals surface area (Å²) in [6.07, 6.45) is 9.01. The standard InChI is InChI=1S/C26H32N4O3/c1-26-13-21-20(11-17-7-3-2-4-8-17)29-22(26)9-5-6-10-23(26)30(21)24(32)16-28-25(33)18-12-19(31)15-27-14-18/h2-4,7-8,12,14-15,20-23,29,31H,5-6,9-11,13,16H2,1H3,(H,28,33)/t20-,21+,22-,23+,26-/m1/s1. The molecule has 3 fully saturated rings. The predicted molar refractivity (Wildman–Crippen MR) is 125 cm³/mol. The second kappa shape index (κ2) is 8.78. The molecule has 3 N–H and O–H groups in total. The number of pyridine rings is 1. The molecule has 0 spiro atoms. The zero-order chi connectivity index (χ0) is 23.0. The van der Waals surface area contributed by atoms with Gasteiger partial charge < -0.3 is 20.6 Å². The fourth-order valence-electron chi connectivity index (χ4n) is 6.40. The van der Waals surface area contributed by atoms with Crippen molar-refractivity contribution in [2.45, 2.75) is 69.6 Å². The van der Waals surface area contributed by atoms with Gasteiger partial charge in [0, 0.05) is 35.8 Å². The number of aromatic nitrogens is 1. The summed E-state index contributed by atoms with van der Waals surface area (Å²) in [6.45, 7) is 2.29. The molecule has 2 bridgehead atoms. The number of carbonyl (C=O) groups excluding carboxylic acids is 2. The Kier molecular flexibility index (Phi) is 5.83. The molecular weight excluding hydrogens is 416 g/mol. The lowest BCUT2D eigenvalue weighted by atomic mass is 9.70. The Morgan fingerprint density at radius 1 is 1.21 bits per heavy atom. The monoisotopic (exact) mass is 448 g/mol. The Hall–Kier alpha value is -2.93. The van der Waals surface area contributed by atoms with Crippen LogP contribution in [0.25, 0.3) is 0 Å². The molecule has 0 radical (unpaired) electrons. The molecule has 33 heavy (non-hydrogen) atoms. The number of piperidine rings is 1. The van der Waals surface area contributed by atoms with Crippen LogP contribution in [0.3, 0.4) is 0 Å². The van der Waals surface area contributed by atoms with E-state index in [9.17, 15) is 14.7 Å². The highest BCUT2D eigenvalue weighted by Gasteiger charge is 2.60. The number of aromatic hydroxyl groups is 1. The maximum Gasteiger partial charge on any atom is 0.253 e. The maximum atomic E-state index is 13.6. The second-order valence-electron chi connectivity index (χ2n) is 10.0. The first kappa shape index (κ1) is 21.9. The molecule has 5 atom stereocenters. The minimum absolute atomic E-state index is 0.0300. The molecule has 0 unspecified atom stereocenters. The smallest absolute Gasteiger partial charge is 0.253 e. The Morgan fingerprint density at radius 2 is 2.00 bits per heavy atom. The summed E-state index contributed by atoms with van der Waals surface area (Å²) in [7, 11) is 0. The predicted octanol–water partition coefficient (Wildman–Crippen LogP) is 2.65. The van der Waals surface area contributed by atoms with Gasteiger partial charge in [0.05, 0.1) is 18.3 Å². The van der Waals surface area contributed by atoms with Crippen molar-refractivity contribution in [3.05, 3.63) is 59.9 Å².